The molecule has 24 heavy (non-hydrogen) atoms. The Morgan fingerprint density at radius 1 is 0.708 bits per heavy atom. The lowest BCUT2D eigenvalue weighted by Gasteiger charge is -2.10. The Balaban J connectivity index is 2.07. The summed E-state index contributed by atoms with van der Waals surface area (Å²) < 4.78 is 0. The Morgan fingerprint density at radius 2 is 1.17 bits per heavy atom. The summed E-state index contributed by atoms with van der Waals surface area (Å²) >= 11 is 0. The van der Waals surface area contributed by atoms with E-state index in [0.717, 1.165) is 28.7 Å². The maximum atomic E-state index is 9.54. The topological polar surface area (TPSA) is 40.5 Å². The Labute approximate surface area is 142 Å². The van der Waals surface area contributed by atoms with Crippen molar-refractivity contribution in [1.29, 1.82) is 0 Å². The number of aryl methyl sites for hydroxylation is 1. The quantitative estimate of drug-likeness (QED) is 0.645. The van der Waals surface area contributed by atoms with Gasteiger partial charge in [0.2, 0.25) is 0 Å². The van der Waals surface area contributed by atoms with E-state index < -0.39 is 0 Å². The second-order valence-electron chi connectivity index (χ2n) is 5.75. The van der Waals surface area contributed by atoms with Crippen molar-refractivity contribution in [2.75, 3.05) is 0 Å². The summed E-state index contributed by atoms with van der Waals surface area (Å²) in [6, 6.07) is 22.8. The first kappa shape index (κ1) is 15.9. The van der Waals surface area contributed by atoms with Gasteiger partial charge in [0.15, 0.2) is 0 Å². The van der Waals surface area contributed by atoms with Crippen LogP contribution in [0.25, 0.3) is 11.6 Å². The molecular formula is C22H20O2. The van der Waals surface area contributed by atoms with Crippen molar-refractivity contribution in [3.8, 4) is 11.5 Å². The maximum absolute atomic E-state index is 9.54. The van der Waals surface area contributed by atoms with Crippen LogP contribution in [0, 0.1) is 0 Å². The molecule has 3 aromatic rings. The Bertz CT molecular complexity index is 779. The van der Waals surface area contributed by atoms with Gasteiger partial charge in [-0.2, -0.15) is 0 Å². The molecule has 0 fully saturated rings. The van der Waals surface area contributed by atoms with Crippen LogP contribution in [-0.4, -0.2) is 10.2 Å². The highest BCUT2D eigenvalue weighted by molar-refractivity contribution is 5.91. The molecule has 0 spiro atoms. The molecular weight excluding hydrogens is 296 g/mol. The number of hydrogen-bond donors (Lipinski definition) is 2. The first-order valence-electron chi connectivity index (χ1n) is 8.05. The monoisotopic (exact) mass is 316 g/mol. The predicted octanol–water partition coefficient (Wildman–Crippen LogP) is 5.25. The van der Waals surface area contributed by atoms with Crippen molar-refractivity contribution >= 4 is 11.6 Å². The van der Waals surface area contributed by atoms with E-state index >= 15 is 0 Å². The van der Waals surface area contributed by atoms with Crippen LogP contribution in [0.3, 0.4) is 0 Å². The highest BCUT2D eigenvalue weighted by Gasteiger charge is 2.06. The largest absolute Gasteiger partial charge is 0.508 e. The fourth-order valence-corrected chi connectivity index (χ4v) is 2.63. The smallest absolute Gasteiger partial charge is 0.115 e. The number of rotatable bonds is 4. The van der Waals surface area contributed by atoms with Crippen LogP contribution in [0.2, 0.25) is 0 Å². The maximum Gasteiger partial charge on any atom is 0.115 e. The molecule has 0 aromatic heterocycles. The van der Waals surface area contributed by atoms with Gasteiger partial charge in [-0.05, 0) is 64.6 Å². The van der Waals surface area contributed by atoms with Gasteiger partial charge in [0, 0.05) is 0 Å². The van der Waals surface area contributed by atoms with Crippen LogP contribution in [0.15, 0.2) is 72.8 Å². The lowest BCUT2D eigenvalue weighted by atomic mass is 9.95. The normalized spacial score (nSPS) is 10.4. The summed E-state index contributed by atoms with van der Waals surface area (Å²) in [5, 5.41) is 19.1. The van der Waals surface area contributed by atoms with Crippen LogP contribution in [0.1, 0.15) is 29.2 Å². The molecule has 2 heteroatoms. The van der Waals surface area contributed by atoms with E-state index in [2.05, 4.69) is 37.3 Å². The third kappa shape index (κ3) is 3.66. The summed E-state index contributed by atoms with van der Waals surface area (Å²) in [5.74, 6) is 0.493. The fraction of sp³-hybridized carbons (Fsp3) is 0.0909. The minimum absolute atomic E-state index is 0.246. The van der Waals surface area contributed by atoms with Crippen molar-refractivity contribution in [3.63, 3.8) is 0 Å². The minimum Gasteiger partial charge on any atom is -0.508 e. The lowest BCUT2D eigenvalue weighted by Crippen LogP contribution is -1.88. The zero-order chi connectivity index (χ0) is 16.9. The third-order valence-electron chi connectivity index (χ3n) is 4.06. The molecule has 2 N–H and O–H groups in total. The highest BCUT2D eigenvalue weighted by Crippen LogP contribution is 2.28. The molecule has 0 bridgehead atoms. The van der Waals surface area contributed by atoms with Crippen molar-refractivity contribution in [3.05, 3.63) is 95.1 Å². The van der Waals surface area contributed by atoms with E-state index in [0.29, 0.717) is 0 Å². The molecule has 0 heterocycles. The second kappa shape index (κ2) is 7.05. The van der Waals surface area contributed by atoms with Gasteiger partial charge in [-0.3, -0.25) is 0 Å². The van der Waals surface area contributed by atoms with Crippen molar-refractivity contribution in [2.24, 2.45) is 0 Å². The molecule has 3 aromatic carbocycles. The van der Waals surface area contributed by atoms with E-state index in [9.17, 15) is 10.2 Å². The molecule has 120 valence electrons. The Kier molecular flexibility index (Phi) is 4.66. The molecule has 0 amide bonds. The average Bonchev–Trinajstić information content (AvgIpc) is 2.62. The predicted molar refractivity (Wildman–Crippen MR) is 99.0 cm³/mol. The van der Waals surface area contributed by atoms with Gasteiger partial charge in [0.25, 0.3) is 0 Å². The van der Waals surface area contributed by atoms with Gasteiger partial charge < -0.3 is 10.2 Å². The Hall–Kier alpha value is -3.00. The first-order valence-corrected chi connectivity index (χ1v) is 8.05. The number of hydrogen-bond acceptors (Lipinski definition) is 2. The summed E-state index contributed by atoms with van der Waals surface area (Å²) in [6.45, 7) is 2.14. The number of benzene rings is 3. The van der Waals surface area contributed by atoms with E-state index in [1.807, 2.05) is 24.3 Å². The van der Waals surface area contributed by atoms with Gasteiger partial charge in [-0.25, -0.2) is 0 Å². The van der Waals surface area contributed by atoms with Crippen molar-refractivity contribution in [2.45, 2.75) is 13.3 Å². The van der Waals surface area contributed by atoms with Crippen molar-refractivity contribution < 1.29 is 10.2 Å². The van der Waals surface area contributed by atoms with Crippen LogP contribution < -0.4 is 0 Å². The summed E-state index contributed by atoms with van der Waals surface area (Å²) in [7, 11) is 0. The lowest BCUT2D eigenvalue weighted by molar-refractivity contribution is 0.475. The van der Waals surface area contributed by atoms with Crippen LogP contribution in [0.4, 0.5) is 0 Å². The van der Waals surface area contributed by atoms with Crippen molar-refractivity contribution in [1.82, 2.24) is 0 Å². The van der Waals surface area contributed by atoms with Gasteiger partial charge in [-0.1, -0.05) is 55.5 Å². The van der Waals surface area contributed by atoms with E-state index in [4.69, 9.17) is 0 Å². The molecule has 3 rings (SSSR count). The SMILES string of the molecule is CCc1ccc(C=C(c2ccc(O)cc2)c2ccc(O)cc2)cc1. The fourth-order valence-electron chi connectivity index (χ4n) is 2.63. The molecule has 0 aliphatic heterocycles. The molecule has 0 radical (unpaired) electrons. The molecule has 2 nitrogen and oxygen atoms in total. The summed E-state index contributed by atoms with van der Waals surface area (Å²) in [6.07, 6.45) is 3.14. The van der Waals surface area contributed by atoms with Gasteiger partial charge in [0.05, 0.1) is 0 Å². The van der Waals surface area contributed by atoms with E-state index in [1.54, 1.807) is 24.3 Å². The molecule has 0 atom stereocenters. The van der Waals surface area contributed by atoms with E-state index in [-0.39, 0.29) is 11.5 Å². The molecule has 0 saturated carbocycles. The van der Waals surface area contributed by atoms with Crippen LogP contribution in [0.5, 0.6) is 11.5 Å². The van der Waals surface area contributed by atoms with Gasteiger partial charge in [0.1, 0.15) is 11.5 Å². The van der Waals surface area contributed by atoms with Gasteiger partial charge in [-0.15, -0.1) is 0 Å². The highest BCUT2D eigenvalue weighted by atomic mass is 16.3. The van der Waals surface area contributed by atoms with Crippen LogP contribution in [-0.2, 0) is 6.42 Å². The number of phenols is 2. The Morgan fingerprint density at radius 3 is 1.58 bits per heavy atom. The second-order valence-corrected chi connectivity index (χ2v) is 5.75. The first-order chi connectivity index (χ1) is 11.7. The summed E-state index contributed by atoms with van der Waals surface area (Å²) in [4.78, 5) is 0. The molecule has 0 unspecified atom stereocenters. The third-order valence-corrected chi connectivity index (χ3v) is 4.06. The minimum atomic E-state index is 0.246. The van der Waals surface area contributed by atoms with E-state index in [1.165, 1.54) is 5.56 Å². The van der Waals surface area contributed by atoms with Gasteiger partial charge >= 0.3 is 0 Å². The number of aromatic hydroxyl groups is 2. The zero-order valence-corrected chi connectivity index (χ0v) is 13.6. The average molecular weight is 316 g/mol. The molecule has 0 aliphatic rings. The standard InChI is InChI=1S/C22H20O2/c1-2-16-3-5-17(6-4-16)15-22(18-7-11-20(23)12-8-18)19-9-13-21(24)14-10-19/h3-15,23-24H,2H2,1H3. The van der Waals surface area contributed by atoms with Crippen LogP contribution >= 0.6 is 0 Å². The molecule has 0 saturated heterocycles. The summed E-state index contributed by atoms with van der Waals surface area (Å²) in [5.41, 5.74) is 5.49. The number of phenolic OH excluding ortho intramolecular Hbond substituents is 2. The molecule has 0 aliphatic carbocycles. The zero-order valence-electron chi connectivity index (χ0n) is 13.6.